The third-order valence-electron chi connectivity index (χ3n) is 4.32. The highest BCUT2D eigenvalue weighted by molar-refractivity contribution is 5.11. The van der Waals surface area contributed by atoms with Crippen LogP contribution in [0.15, 0.2) is 11.8 Å². The van der Waals surface area contributed by atoms with Gasteiger partial charge in [-0.25, -0.2) is 0 Å². The highest BCUT2D eigenvalue weighted by atomic mass is 19.4. The average Bonchev–Trinajstić information content (AvgIpc) is 2.92. The van der Waals surface area contributed by atoms with Gasteiger partial charge in [-0.05, 0) is 37.8 Å². The van der Waals surface area contributed by atoms with E-state index in [1.54, 1.807) is 0 Å². The Morgan fingerprint density at radius 2 is 2.10 bits per heavy atom. The van der Waals surface area contributed by atoms with Gasteiger partial charge in [0.15, 0.2) is 0 Å². The summed E-state index contributed by atoms with van der Waals surface area (Å²) in [6.07, 6.45) is 2.02. The van der Waals surface area contributed by atoms with Gasteiger partial charge in [-0.15, -0.1) is 0 Å². The molecule has 0 amide bonds. The van der Waals surface area contributed by atoms with Crippen LogP contribution in [0.2, 0.25) is 0 Å². The zero-order valence-electron chi connectivity index (χ0n) is 12.0. The van der Waals surface area contributed by atoms with E-state index in [0.29, 0.717) is 19.4 Å². The Balaban J connectivity index is 2.15. The lowest BCUT2D eigenvalue weighted by molar-refractivity contribution is -0.199. The van der Waals surface area contributed by atoms with Gasteiger partial charge in [0.25, 0.3) is 0 Å². The first-order valence-electron chi connectivity index (χ1n) is 7.67. The van der Waals surface area contributed by atoms with Gasteiger partial charge >= 0.3 is 6.18 Å². The van der Waals surface area contributed by atoms with Crippen LogP contribution in [-0.4, -0.2) is 25.4 Å². The molecule has 3 unspecified atom stereocenters. The number of hydrogen-bond acceptors (Lipinski definition) is 2. The molecule has 3 atom stereocenters. The number of ether oxygens (including phenoxy) is 1. The number of halogens is 3. The van der Waals surface area contributed by atoms with Crippen molar-refractivity contribution in [3.8, 4) is 0 Å². The van der Waals surface area contributed by atoms with Gasteiger partial charge in [0.05, 0.1) is 18.6 Å². The van der Waals surface area contributed by atoms with Crippen molar-refractivity contribution in [3.63, 3.8) is 0 Å². The number of rotatable bonds is 5. The third-order valence-corrected chi connectivity index (χ3v) is 4.32. The van der Waals surface area contributed by atoms with Crippen molar-refractivity contribution in [1.29, 1.82) is 0 Å². The van der Waals surface area contributed by atoms with Crippen molar-refractivity contribution in [2.45, 2.75) is 57.7 Å². The Labute approximate surface area is 118 Å². The molecule has 0 saturated heterocycles. The molecule has 1 aliphatic heterocycles. The molecule has 1 heterocycles. The molecule has 2 rings (SSSR count). The van der Waals surface area contributed by atoms with E-state index in [2.05, 4.69) is 5.32 Å². The second-order valence-electron chi connectivity index (χ2n) is 5.77. The largest absolute Gasteiger partial charge is 0.496 e. The maximum atomic E-state index is 13.3. The minimum absolute atomic E-state index is 0.256. The fourth-order valence-electron chi connectivity index (χ4n) is 3.38. The van der Waals surface area contributed by atoms with E-state index in [1.165, 1.54) is 0 Å². The first-order chi connectivity index (χ1) is 9.54. The highest BCUT2D eigenvalue weighted by Crippen LogP contribution is 2.44. The van der Waals surface area contributed by atoms with Crippen LogP contribution in [0.5, 0.6) is 0 Å². The number of alkyl halides is 3. The van der Waals surface area contributed by atoms with E-state index in [4.69, 9.17) is 4.74 Å². The molecule has 1 N–H and O–H groups in total. The monoisotopic (exact) mass is 291 g/mol. The van der Waals surface area contributed by atoms with E-state index in [1.807, 2.05) is 13.0 Å². The van der Waals surface area contributed by atoms with Crippen LogP contribution in [0, 0.1) is 11.8 Å². The molecule has 0 aromatic rings. The first kappa shape index (κ1) is 15.7. The summed E-state index contributed by atoms with van der Waals surface area (Å²) in [6, 6.07) is -0.274. The summed E-state index contributed by atoms with van der Waals surface area (Å²) in [4.78, 5) is 0. The minimum Gasteiger partial charge on any atom is -0.496 e. The van der Waals surface area contributed by atoms with E-state index < -0.39 is 12.1 Å². The quantitative estimate of drug-likeness (QED) is 0.826. The molecular weight excluding hydrogens is 267 g/mol. The summed E-state index contributed by atoms with van der Waals surface area (Å²) in [5.41, 5.74) is 0. The van der Waals surface area contributed by atoms with Crippen molar-refractivity contribution >= 4 is 0 Å². The van der Waals surface area contributed by atoms with Crippen LogP contribution < -0.4 is 5.32 Å². The van der Waals surface area contributed by atoms with Crippen molar-refractivity contribution in [3.05, 3.63) is 11.8 Å². The molecule has 1 aliphatic carbocycles. The molecule has 0 radical (unpaired) electrons. The van der Waals surface area contributed by atoms with Crippen molar-refractivity contribution < 1.29 is 17.9 Å². The topological polar surface area (TPSA) is 21.3 Å². The Morgan fingerprint density at radius 1 is 1.35 bits per heavy atom. The van der Waals surface area contributed by atoms with Crippen LogP contribution >= 0.6 is 0 Å². The van der Waals surface area contributed by atoms with E-state index >= 15 is 0 Å². The van der Waals surface area contributed by atoms with E-state index in [9.17, 15) is 13.2 Å². The van der Waals surface area contributed by atoms with E-state index in [-0.39, 0.29) is 18.4 Å². The van der Waals surface area contributed by atoms with Crippen LogP contribution in [0.3, 0.4) is 0 Å². The average molecular weight is 291 g/mol. The van der Waals surface area contributed by atoms with Gasteiger partial charge in [-0.1, -0.05) is 19.8 Å². The fraction of sp³-hybridized carbons (Fsp3) is 0.867. The first-order valence-corrected chi connectivity index (χ1v) is 7.67. The summed E-state index contributed by atoms with van der Waals surface area (Å²) in [5.74, 6) is -0.852. The second kappa shape index (κ2) is 6.83. The molecular formula is C15H24F3NO. The Morgan fingerprint density at radius 3 is 2.70 bits per heavy atom. The van der Waals surface area contributed by atoms with Gasteiger partial charge < -0.3 is 10.1 Å². The summed E-state index contributed by atoms with van der Waals surface area (Å²) in [7, 11) is 0. The number of hydrogen-bond donors (Lipinski definition) is 1. The summed E-state index contributed by atoms with van der Waals surface area (Å²) < 4.78 is 45.4. The molecule has 5 heteroatoms. The molecule has 0 spiro atoms. The maximum Gasteiger partial charge on any atom is 0.392 e. The van der Waals surface area contributed by atoms with E-state index in [0.717, 1.165) is 31.6 Å². The normalized spacial score (nSPS) is 28.9. The highest BCUT2D eigenvalue weighted by Gasteiger charge is 2.48. The van der Waals surface area contributed by atoms with Gasteiger partial charge in [-0.3, -0.25) is 0 Å². The summed E-state index contributed by atoms with van der Waals surface area (Å²) >= 11 is 0. The van der Waals surface area contributed by atoms with Gasteiger partial charge in [0.1, 0.15) is 5.76 Å². The van der Waals surface area contributed by atoms with Crippen LogP contribution in [-0.2, 0) is 4.74 Å². The molecule has 2 nitrogen and oxygen atoms in total. The van der Waals surface area contributed by atoms with Crippen molar-refractivity contribution in [2.24, 2.45) is 11.8 Å². The maximum absolute atomic E-state index is 13.3. The molecule has 0 aromatic heterocycles. The molecule has 20 heavy (non-hydrogen) atoms. The molecule has 1 fully saturated rings. The zero-order valence-corrected chi connectivity index (χ0v) is 12.0. The smallest absolute Gasteiger partial charge is 0.392 e. The SMILES string of the molecule is CCCNC(C1=CCCO1)C1CCCCC1C(F)(F)F. The lowest BCUT2D eigenvalue weighted by atomic mass is 9.74. The Kier molecular flexibility index (Phi) is 5.35. The Hall–Kier alpha value is -0.710. The summed E-state index contributed by atoms with van der Waals surface area (Å²) in [6.45, 7) is 3.35. The lowest BCUT2D eigenvalue weighted by Crippen LogP contribution is -2.47. The molecule has 2 aliphatic rings. The standard InChI is InChI=1S/C15H24F3NO/c1-2-9-19-14(13-8-5-10-20-13)11-6-3-4-7-12(11)15(16,17)18/h8,11-12,14,19H,2-7,9-10H2,1H3. The van der Waals surface area contributed by atoms with Crippen LogP contribution in [0.1, 0.15) is 45.4 Å². The lowest BCUT2D eigenvalue weighted by Gasteiger charge is -2.38. The number of nitrogens with one attached hydrogen (secondary N) is 1. The Bertz CT molecular complexity index is 341. The second-order valence-corrected chi connectivity index (χ2v) is 5.77. The fourth-order valence-corrected chi connectivity index (χ4v) is 3.38. The van der Waals surface area contributed by atoms with Crippen LogP contribution in [0.25, 0.3) is 0 Å². The minimum atomic E-state index is -4.10. The zero-order chi connectivity index (χ0) is 14.6. The van der Waals surface area contributed by atoms with Gasteiger partial charge in [0.2, 0.25) is 0 Å². The molecule has 1 saturated carbocycles. The van der Waals surface area contributed by atoms with Gasteiger partial charge in [-0.2, -0.15) is 13.2 Å². The predicted molar refractivity (Wildman–Crippen MR) is 72.2 cm³/mol. The van der Waals surface area contributed by atoms with Crippen molar-refractivity contribution in [2.75, 3.05) is 13.2 Å². The molecule has 116 valence electrons. The van der Waals surface area contributed by atoms with Crippen molar-refractivity contribution in [1.82, 2.24) is 5.32 Å². The third kappa shape index (κ3) is 3.68. The molecule has 0 aromatic carbocycles. The van der Waals surface area contributed by atoms with Gasteiger partial charge in [0, 0.05) is 6.42 Å². The predicted octanol–water partition coefficient (Wildman–Crippen LogP) is 4.03. The molecule has 0 bridgehead atoms. The van der Waals surface area contributed by atoms with Crippen LogP contribution in [0.4, 0.5) is 13.2 Å². The summed E-state index contributed by atoms with van der Waals surface area (Å²) in [5, 5.41) is 3.29.